The van der Waals surface area contributed by atoms with Crippen LogP contribution in [-0.4, -0.2) is 41.5 Å². The lowest BCUT2D eigenvalue weighted by molar-refractivity contribution is 0.0954. The van der Waals surface area contributed by atoms with Gasteiger partial charge in [0.05, 0.1) is 0 Å². The molecule has 1 saturated heterocycles. The predicted octanol–water partition coefficient (Wildman–Crippen LogP) is 2.70. The summed E-state index contributed by atoms with van der Waals surface area (Å²) >= 11 is 3.94. The first-order valence-corrected chi connectivity index (χ1v) is 8.81. The Hall–Kier alpha value is -0.810. The maximum absolute atomic E-state index is 12.0. The summed E-state index contributed by atoms with van der Waals surface area (Å²) in [7, 11) is 0. The Kier molecular flexibility index (Phi) is 5.92. The molecule has 1 fully saturated rings. The van der Waals surface area contributed by atoms with E-state index in [2.05, 4.69) is 17.6 Å². The molecule has 2 N–H and O–H groups in total. The molecule has 5 heteroatoms. The predicted molar refractivity (Wildman–Crippen MR) is 86.5 cm³/mol. The number of thioether (sulfide) groups is 2. The van der Waals surface area contributed by atoms with Gasteiger partial charge < -0.3 is 10.6 Å². The fraction of sp³-hybridized carbons (Fsp3) is 0.500. The Morgan fingerprint density at radius 3 is 2.74 bits per heavy atom. The van der Waals surface area contributed by atoms with Crippen LogP contribution in [0.2, 0.25) is 0 Å². The fourth-order valence-corrected chi connectivity index (χ4v) is 4.52. The molecule has 0 bridgehead atoms. The van der Waals surface area contributed by atoms with E-state index in [9.17, 15) is 4.79 Å². The maximum Gasteiger partial charge on any atom is 0.251 e. The van der Waals surface area contributed by atoms with E-state index in [-0.39, 0.29) is 5.91 Å². The molecule has 0 aliphatic carbocycles. The van der Waals surface area contributed by atoms with Gasteiger partial charge in [-0.15, -0.1) is 0 Å². The minimum atomic E-state index is 0.0271. The van der Waals surface area contributed by atoms with Crippen molar-refractivity contribution in [3.05, 3.63) is 29.8 Å². The lowest BCUT2D eigenvalue weighted by atomic mass is 10.2. The number of nitrogens with one attached hydrogen (secondary N) is 2. The molecule has 1 heterocycles. The molecule has 1 aromatic carbocycles. The molecule has 0 aromatic heterocycles. The summed E-state index contributed by atoms with van der Waals surface area (Å²) < 4.78 is 0. The van der Waals surface area contributed by atoms with E-state index in [1.807, 2.05) is 47.8 Å². The Morgan fingerprint density at radius 1 is 1.32 bits per heavy atom. The zero-order valence-electron chi connectivity index (χ0n) is 11.1. The minimum Gasteiger partial charge on any atom is -0.385 e. The highest BCUT2D eigenvalue weighted by Crippen LogP contribution is 2.23. The molecule has 2 rings (SSSR count). The molecular formula is C14H20N2OS2. The van der Waals surface area contributed by atoms with Crippen LogP contribution in [0.4, 0.5) is 5.69 Å². The first-order chi connectivity index (χ1) is 9.29. The summed E-state index contributed by atoms with van der Waals surface area (Å²) in [6, 6.07) is 7.64. The van der Waals surface area contributed by atoms with Crippen LogP contribution in [0.1, 0.15) is 17.3 Å². The van der Waals surface area contributed by atoms with Crippen molar-refractivity contribution in [3.8, 4) is 0 Å². The summed E-state index contributed by atoms with van der Waals surface area (Å²) in [6.45, 7) is 3.72. The van der Waals surface area contributed by atoms with Crippen LogP contribution in [0.15, 0.2) is 24.3 Å². The van der Waals surface area contributed by atoms with Gasteiger partial charge in [0.1, 0.15) is 0 Å². The van der Waals surface area contributed by atoms with Gasteiger partial charge in [0, 0.05) is 46.8 Å². The van der Waals surface area contributed by atoms with Gasteiger partial charge in [-0.25, -0.2) is 0 Å². The van der Waals surface area contributed by atoms with E-state index < -0.39 is 0 Å². The number of carbonyl (C=O) groups excluding carboxylic acids is 1. The van der Waals surface area contributed by atoms with Crippen molar-refractivity contribution in [2.75, 3.05) is 35.7 Å². The highest BCUT2D eigenvalue weighted by molar-refractivity contribution is 8.06. The van der Waals surface area contributed by atoms with Crippen molar-refractivity contribution in [2.45, 2.75) is 12.2 Å². The molecule has 1 unspecified atom stereocenters. The normalized spacial score (nSPS) is 18.9. The number of benzene rings is 1. The lowest BCUT2D eigenvalue weighted by Crippen LogP contribution is -2.33. The van der Waals surface area contributed by atoms with Crippen molar-refractivity contribution in [1.29, 1.82) is 0 Å². The molecule has 19 heavy (non-hydrogen) atoms. The van der Waals surface area contributed by atoms with Crippen LogP contribution in [-0.2, 0) is 0 Å². The van der Waals surface area contributed by atoms with Crippen molar-refractivity contribution in [2.24, 2.45) is 0 Å². The average molecular weight is 296 g/mol. The standard InChI is InChI=1S/C14H20N2OS2/c1-2-15-12-5-3-11(4-6-12)14(17)16-9-13-10-18-7-8-19-13/h3-6,13,15H,2,7-10H2,1H3,(H,16,17). The molecule has 0 spiro atoms. The van der Waals surface area contributed by atoms with Crippen molar-refractivity contribution in [1.82, 2.24) is 5.32 Å². The molecule has 0 radical (unpaired) electrons. The quantitative estimate of drug-likeness (QED) is 0.876. The van der Waals surface area contributed by atoms with Gasteiger partial charge in [0.15, 0.2) is 0 Å². The molecule has 1 aliphatic heterocycles. The monoisotopic (exact) mass is 296 g/mol. The number of carbonyl (C=O) groups is 1. The average Bonchev–Trinajstić information content (AvgIpc) is 2.47. The van der Waals surface area contributed by atoms with Crippen molar-refractivity contribution in [3.63, 3.8) is 0 Å². The SMILES string of the molecule is CCNc1ccc(C(=O)NCC2CSCCS2)cc1. The zero-order chi connectivity index (χ0) is 13.5. The minimum absolute atomic E-state index is 0.0271. The first-order valence-electron chi connectivity index (χ1n) is 6.61. The van der Waals surface area contributed by atoms with Gasteiger partial charge >= 0.3 is 0 Å². The van der Waals surface area contributed by atoms with Crippen LogP contribution in [0, 0.1) is 0 Å². The van der Waals surface area contributed by atoms with Crippen LogP contribution in [0.5, 0.6) is 0 Å². The Morgan fingerprint density at radius 2 is 2.11 bits per heavy atom. The topological polar surface area (TPSA) is 41.1 Å². The third-order valence-corrected chi connectivity index (χ3v) is 5.75. The lowest BCUT2D eigenvalue weighted by Gasteiger charge is -2.21. The van der Waals surface area contributed by atoms with Crippen molar-refractivity contribution < 1.29 is 4.79 Å². The molecule has 0 saturated carbocycles. The molecule has 104 valence electrons. The van der Waals surface area contributed by atoms with E-state index in [4.69, 9.17) is 0 Å². The van der Waals surface area contributed by atoms with Gasteiger partial charge in [-0.05, 0) is 31.2 Å². The summed E-state index contributed by atoms with van der Waals surface area (Å²) in [5.74, 6) is 3.60. The second-order valence-electron chi connectivity index (χ2n) is 4.39. The van der Waals surface area contributed by atoms with Crippen molar-refractivity contribution >= 4 is 35.1 Å². The second kappa shape index (κ2) is 7.70. The third kappa shape index (κ3) is 4.66. The maximum atomic E-state index is 12.0. The molecule has 1 amide bonds. The van der Waals surface area contributed by atoms with Crippen LogP contribution in [0.3, 0.4) is 0 Å². The van der Waals surface area contributed by atoms with E-state index in [1.165, 1.54) is 11.5 Å². The fourth-order valence-electron chi connectivity index (χ4n) is 1.91. The van der Waals surface area contributed by atoms with Crippen LogP contribution < -0.4 is 10.6 Å². The van der Waals surface area contributed by atoms with Crippen LogP contribution in [0.25, 0.3) is 0 Å². The number of rotatable bonds is 5. The Labute approximate surface area is 123 Å². The second-order valence-corrected chi connectivity index (χ2v) is 6.94. The number of hydrogen-bond donors (Lipinski definition) is 2. The molecule has 1 aromatic rings. The molecular weight excluding hydrogens is 276 g/mol. The summed E-state index contributed by atoms with van der Waals surface area (Å²) in [5, 5.41) is 6.81. The van der Waals surface area contributed by atoms with E-state index >= 15 is 0 Å². The first kappa shape index (κ1) is 14.6. The molecule has 3 nitrogen and oxygen atoms in total. The highest BCUT2D eigenvalue weighted by Gasteiger charge is 2.15. The Balaban J connectivity index is 1.81. The summed E-state index contributed by atoms with van der Waals surface area (Å²) in [4.78, 5) is 12.0. The Bertz CT molecular complexity index is 402. The smallest absolute Gasteiger partial charge is 0.251 e. The molecule has 1 atom stereocenters. The number of amides is 1. The number of hydrogen-bond acceptors (Lipinski definition) is 4. The largest absolute Gasteiger partial charge is 0.385 e. The van der Waals surface area contributed by atoms with Gasteiger partial charge in [-0.1, -0.05) is 0 Å². The third-order valence-electron chi connectivity index (χ3n) is 2.90. The van der Waals surface area contributed by atoms with Gasteiger partial charge in [0.2, 0.25) is 0 Å². The van der Waals surface area contributed by atoms with Crippen LogP contribution >= 0.6 is 23.5 Å². The summed E-state index contributed by atoms with van der Waals surface area (Å²) in [6.07, 6.45) is 0. The van der Waals surface area contributed by atoms with E-state index in [0.717, 1.165) is 30.1 Å². The number of anilines is 1. The van der Waals surface area contributed by atoms with Gasteiger partial charge in [-0.2, -0.15) is 23.5 Å². The van der Waals surface area contributed by atoms with E-state index in [0.29, 0.717) is 5.25 Å². The van der Waals surface area contributed by atoms with Gasteiger partial charge in [-0.3, -0.25) is 4.79 Å². The highest BCUT2D eigenvalue weighted by atomic mass is 32.2. The molecule has 1 aliphatic rings. The zero-order valence-corrected chi connectivity index (χ0v) is 12.8. The van der Waals surface area contributed by atoms with Gasteiger partial charge in [0.25, 0.3) is 5.91 Å². The van der Waals surface area contributed by atoms with E-state index in [1.54, 1.807) is 0 Å². The summed E-state index contributed by atoms with van der Waals surface area (Å²) in [5.41, 5.74) is 1.79.